The van der Waals surface area contributed by atoms with Gasteiger partial charge in [-0.3, -0.25) is 4.98 Å². The summed E-state index contributed by atoms with van der Waals surface area (Å²) >= 11 is 0. The average Bonchev–Trinajstić information content (AvgIpc) is 3.05. The summed E-state index contributed by atoms with van der Waals surface area (Å²) in [5.41, 5.74) is 4.81. The Morgan fingerprint density at radius 1 is 1.07 bits per heavy atom. The molecule has 5 heteroatoms. The minimum atomic E-state index is -3.15. The lowest BCUT2D eigenvalue weighted by atomic mass is 9.47. The molecule has 4 nitrogen and oxygen atoms in total. The van der Waals surface area contributed by atoms with Crippen LogP contribution in [0.5, 0.6) is 0 Å². The van der Waals surface area contributed by atoms with Crippen molar-refractivity contribution >= 4 is 15.6 Å². The van der Waals surface area contributed by atoms with Gasteiger partial charge in [0.1, 0.15) is 0 Å². The molecule has 2 fully saturated rings. The van der Waals surface area contributed by atoms with E-state index in [1.54, 1.807) is 0 Å². The summed E-state index contributed by atoms with van der Waals surface area (Å²) in [6, 6.07) is 4.34. The number of nitrogens with zero attached hydrogens (tertiary/aromatic N) is 1. The molecule has 0 aromatic carbocycles. The van der Waals surface area contributed by atoms with Crippen LogP contribution >= 0.6 is 0 Å². The number of nitrogens with one attached hydrogen (secondary N) is 1. The third-order valence-corrected chi connectivity index (χ3v) is 9.80. The molecule has 4 aliphatic carbocycles. The summed E-state index contributed by atoms with van der Waals surface area (Å²) in [4.78, 5) is 4.38. The molecule has 0 radical (unpaired) electrons. The standard InChI is InChI=1S/C25H34N2O2S/c1-24-12-10-19(27-30(3,28)29)15-18(24)6-7-20-22-9-8-21(17-5-4-14-26-16-17)25(22,2)13-11-23(20)24/h4-6,8,14,16,19-20,22-23,27H,7,9-13,15H2,1-3H3. The van der Waals surface area contributed by atoms with Crippen molar-refractivity contribution in [1.82, 2.24) is 9.71 Å². The summed E-state index contributed by atoms with van der Waals surface area (Å²) < 4.78 is 26.3. The molecule has 1 aromatic rings. The third kappa shape index (κ3) is 3.20. The van der Waals surface area contributed by atoms with Gasteiger partial charge in [-0.15, -0.1) is 0 Å². The van der Waals surface area contributed by atoms with Crippen molar-refractivity contribution in [1.29, 1.82) is 0 Å². The molecule has 0 saturated heterocycles. The largest absolute Gasteiger partial charge is 0.264 e. The van der Waals surface area contributed by atoms with Gasteiger partial charge in [0.2, 0.25) is 10.0 Å². The zero-order chi connectivity index (χ0) is 21.1. The van der Waals surface area contributed by atoms with Crippen molar-refractivity contribution in [3.63, 3.8) is 0 Å². The molecule has 5 rings (SSSR count). The van der Waals surface area contributed by atoms with E-state index in [9.17, 15) is 8.42 Å². The summed E-state index contributed by atoms with van der Waals surface area (Å²) in [6.45, 7) is 4.97. The Balaban J connectivity index is 1.40. The molecule has 4 aliphatic rings. The van der Waals surface area contributed by atoms with Crippen molar-refractivity contribution < 1.29 is 8.42 Å². The maximum atomic E-state index is 11.7. The number of fused-ring (bicyclic) bond motifs is 5. The van der Waals surface area contributed by atoms with Gasteiger partial charge in [0.05, 0.1) is 6.26 Å². The number of allylic oxidation sites excluding steroid dienone is 3. The first-order valence-electron chi connectivity index (χ1n) is 11.5. The molecule has 1 N–H and O–H groups in total. The number of hydrogen-bond acceptors (Lipinski definition) is 3. The molecule has 0 aliphatic heterocycles. The molecule has 6 atom stereocenters. The number of pyridine rings is 1. The molecule has 0 spiro atoms. The highest BCUT2D eigenvalue weighted by Crippen LogP contribution is 2.66. The topological polar surface area (TPSA) is 59.1 Å². The van der Waals surface area contributed by atoms with Crippen molar-refractivity contribution in [2.24, 2.45) is 28.6 Å². The van der Waals surface area contributed by atoms with E-state index in [1.807, 2.05) is 12.4 Å². The van der Waals surface area contributed by atoms with Gasteiger partial charge < -0.3 is 0 Å². The van der Waals surface area contributed by atoms with Crippen molar-refractivity contribution in [2.75, 3.05) is 6.26 Å². The fourth-order valence-corrected chi connectivity index (χ4v) is 8.41. The second-order valence-corrected chi connectivity index (χ2v) is 12.4. The number of rotatable bonds is 3. The van der Waals surface area contributed by atoms with Gasteiger partial charge in [-0.1, -0.05) is 37.6 Å². The summed E-state index contributed by atoms with van der Waals surface area (Å²) in [6.07, 6.45) is 17.9. The van der Waals surface area contributed by atoms with Crippen molar-refractivity contribution in [3.8, 4) is 0 Å². The van der Waals surface area contributed by atoms with E-state index < -0.39 is 10.0 Å². The van der Waals surface area contributed by atoms with Crippen LogP contribution in [0.3, 0.4) is 0 Å². The zero-order valence-corrected chi connectivity index (χ0v) is 19.2. The molecule has 0 bridgehead atoms. The zero-order valence-electron chi connectivity index (χ0n) is 18.4. The third-order valence-electron chi connectivity index (χ3n) is 9.04. The van der Waals surface area contributed by atoms with Gasteiger partial charge in [0, 0.05) is 18.4 Å². The summed E-state index contributed by atoms with van der Waals surface area (Å²) in [5, 5.41) is 0. The van der Waals surface area contributed by atoms with E-state index in [0.717, 1.165) is 37.5 Å². The van der Waals surface area contributed by atoms with Crippen molar-refractivity contribution in [2.45, 2.75) is 64.8 Å². The monoisotopic (exact) mass is 426 g/mol. The van der Waals surface area contributed by atoms with Gasteiger partial charge in [-0.05, 0) is 90.7 Å². The molecular weight excluding hydrogens is 392 g/mol. The summed E-state index contributed by atoms with van der Waals surface area (Å²) in [5.74, 6) is 2.15. The quantitative estimate of drug-likeness (QED) is 0.695. The molecule has 1 aromatic heterocycles. The highest BCUT2D eigenvalue weighted by Gasteiger charge is 2.56. The summed E-state index contributed by atoms with van der Waals surface area (Å²) in [7, 11) is -3.15. The van der Waals surface area contributed by atoms with Crippen LogP contribution in [0.25, 0.3) is 5.57 Å². The maximum absolute atomic E-state index is 11.7. The maximum Gasteiger partial charge on any atom is 0.208 e. The Hall–Kier alpha value is -1.46. The van der Waals surface area contributed by atoms with Crippen molar-refractivity contribution in [3.05, 3.63) is 47.8 Å². The first kappa shape index (κ1) is 20.4. The molecule has 30 heavy (non-hydrogen) atoms. The predicted octanol–water partition coefficient (Wildman–Crippen LogP) is 4.96. The minimum absolute atomic E-state index is 0.0649. The molecular formula is C25H34N2O2S. The first-order chi connectivity index (χ1) is 14.2. The Bertz CT molecular complexity index is 999. The Morgan fingerprint density at radius 3 is 2.60 bits per heavy atom. The minimum Gasteiger partial charge on any atom is -0.264 e. The van der Waals surface area contributed by atoms with Gasteiger partial charge in [0.15, 0.2) is 0 Å². The van der Waals surface area contributed by atoms with Crippen LogP contribution < -0.4 is 4.72 Å². The fourth-order valence-electron chi connectivity index (χ4n) is 7.60. The van der Waals surface area contributed by atoms with Gasteiger partial charge >= 0.3 is 0 Å². The van der Waals surface area contributed by atoms with Gasteiger partial charge in [0.25, 0.3) is 0 Å². The SMILES string of the molecule is CC12CCC(NS(C)(=O)=O)CC1=CCC1C2CCC2(C)C(c3cccnc3)=CCC12. The highest BCUT2D eigenvalue weighted by molar-refractivity contribution is 7.88. The number of sulfonamides is 1. The number of aromatic nitrogens is 1. The van der Waals surface area contributed by atoms with E-state index in [4.69, 9.17) is 0 Å². The molecule has 6 unspecified atom stereocenters. The Labute approximate surface area is 181 Å². The highest BCUT2D eigenvalue weighted by atomic mass is 32.2. The van der Waals surface area contributed by atoms with E-state index >= 15 is 0 Å². The van der Waals surface area contributed by atoms with Gasteiger partial charge in [-0.25, -0.2) is 13.1 Å². The predicted molar refractivity (Wildman–Crippen MR) is 121 cm³/mol. The second kappa shape index (κ2) is 7.03. The lowest BCUT2D eigenvalue weighted by molar-refractivity contribution is -0.0117. The van der Waals surface area contributed by atoms with E-state index in [2.05, 4.69) is 47.8 Å². The van der Waals surface area contributed by atoms with Crippen LogP contribution in [-0.4, -0.2) is 25.7 Å². The average molecular weight is 427 g/mol. The second-order valence-electron chi connectivity index (χ2n) is 10.6. The Kier molecular flexibility index (Phi) is 4.79. The smallest absolute Gasteiger partial charge is 0.208 e. The van der Waals surface area contributed by atoms with Crippen LogP contribution in [0.4, 0.5) is 0 Å². The lowest BCUT2D eigenvalue weighted by Crippen LogP contribution is -2.51. The van der Waals surface area contributed by atoms with Crippen LogP contribution in [0.2, 0.25) is 0 Å². The van der Waals surface area contributed by atoms with E-state index in [1.165, 1.54) is 42.2 Å². The molecule has 0 amide bonds. The first-order valence-corrected chi connectivity index (χ1v) is 13.4. The van der Waals surface area contributed by atoms with Crippen LogP contribution in [0.1, 0.15) is 64.4 Å². The Morgan fingerprint density at radius 2 is 1.87 bits per heavy atom. The molecule has 2 saturated carbocycles. The van der Waals surface area contributed by atoms with Crippen LogP contribution in [0.15, 0.2) is 42.3 Å². The number of hydrogen-bond donors (Lipinski definition) is 1. The normalized spacial score (nSPS) is 40.6. The fraction of sp³-hybridized carbons (Fsp3) is 0.640. The van der Waals surface area contributed by atoms with Crippen LogP contribution in [-0.2, 0) is 10.0 Å². The van der Waals surface area contributed by atoms with Crippen LogP contribution in [0, 0.1) is 28.6 Å². The lowest BCUT2D eigenvalue weighted by Gasteiger charge is -2.58. The van der Waals surface area contributed by atoms with E-state index in [0.29, 0.717) is 5.92 Å². The van der Waals surface area contributed by atoms with E-state index in [-0.39, 0.29) is 16.9 Å². The molecule has 1 heterocycles. The molecule has 162 valence electrons. The van der Waals surface area contributed by atoms with Gasteiger partial charge in [-0.2, -0.15) is 0 Å².